The molecule has 10 heteroatoms. The van der Waals surface area contributed by atoms with Gasteiger partial charge in [-0.2, -0.15) is 13.2 Å². The average molecular weight is 436 g/mol. The standard InChI is InChI=1S/C21H19F3N2O5/c1-5-31-20(27)18-17(11-8-15(28-2)19(30-4)16(9-11)29-3)26-14-10-12(21(22,23)24)6-7-13(14)25-18/h6-10H,5H2,1-4H3. The number of ether oxygens (including phenoxy) is 4. The van der Waals surface area contributed by atoms with Crippen LogP contribution >= 0.6 is 0 Å². The third-order valence-corrected chi connectivity index (χ3v) is 4.40. The Balaban J connectivity index is 2.32. The van der Waals surface area contributed by atoms with Crippen molar-refractivity contribution in [3.63, 3.8) is 0 Å². The Labute approximate surface area is 175 Å². The molecule has 1 heterocycles. The molecule has 0 fully saturated rings. The van der Waals surface area contributed by atoms with Crippen molar-refractivity contribution in [2.24, 2.45) is 0 Å². The summed E-state index contributed by atoms with van der Waals surface area (Å²) in [6, 6.07) is 5.96. The van der Waals surface area contributed by atoms with E-state index < -0.39 is 17.7 Å². The first kappa shape index (κ1) is 22.1. The zero-order valence-corrected chi connectivity index (χ0v) is 17.2. The highest BCUT2D eigenvalue weighted by molar-refractivity contribution is 5.97. The van der Waals surface area contributed by atoms with Gasteiger partial charge in [0.05, 0.1) is 44.5 Å². The fraction of sp³-hybridized carbons (Fsp3) is 0.286. The lowest BCUT2D eigenvalue weighted by Gasteiger charge is -2.15. The molecular formula is C21H19F3N2O5. The van der Waals surface area contributed by atoms with Gasteiger partial charge in [0, 0.05) is 5.56 Å². The van der Waals surface area contributed by atoms with Crippen LogP contribution in [0.5, 0.6) is 17.2 Å². The Morgan fingerprint density at radius 3 is 2.10 bits per heavy atom. The van der Waals surface area contributed by atoms with E-state index in [1.165, 1.54) is 33.5 Å². The average Bonchev–Trinajstić information content (AvgIpc) is 2.76. The lowest BCUT2D eigenvalue weighted by Crippen LogP contribution is -2.12. The van der Waals surface area contributed by atoms with E-state index in [1.807, 2.05) is 0 Å². The molecule has 7 nitrogen and oxygen atoms in total. The summed E-state index contributed by atoms with van der Waals surface area (Å²) in [4.78, 5) is 21.1. The molecule has 0 radical (unpaired) electrons. The molecule has 0 amide bonds. The number of halogens is 3. The molecule has 0 aliphatic rings. The Kier molecular flexibility index (Phi) is 6.19. The number of carbonyl (C=O) groups excluding carboxylic acids is 1. The highest BCUT2D eigenvalue weighted by Gasteiger charge is 2.31. The molecule has 0 aliphatic heterocycles. The maximum absolute atomic E-state index is 13.2. The molecule has 2 aromatic carbocycles. The van der Waals surface area contributed by atoms with Gasteiger partial charge in [0.25, 0.3) is 0 Å². The Bertz CT molecular complexity index is 1110. The normalized spacial score (nSPS) is 11.3. The van der Waals surface area contributed by atoms with E-state index in [9.17, 15) is 18.0 Å². The molecule has 0 bridgehead atoms. The van der Waals surface area contributed by atoms with Gasteiger partial charge >= 0.3 is 12.1 Å². The summed E-state index contributed by atoms with van der Waals surface area (Å²) in [5.41, 5.74) is -0.606. The molecular weight excluding hydrogens is 417 g/mol. The van der Waals surface area contributed by atoms with E-state index in [1.54, 1.807) is 6.92 Å². The first-order chi connectivity index (χ1) is 14.7. The van der Waals surface area contributed by atoms with Crippen molar-refractivity contribution in [1.29, 1.82) is 0 Å². The highest BCUT2D eigenvalue weighted by atomic mass is 19.4. The molecule has 0 unspecified atom stereocenters. The van der Waals surface area contributed by atoms with Crippen molar-refractivity contribution in [3.05, 3.63) is 41.6 Å². The first-order valence-corrected chi connectivity index (χ1v) is 9.10. The highest BCUT2D eigenvalue weighted by Crippen LogP contribution is 2.41. The topological polar surface area (TPSA) is 79.8 Å². The summed E-state index contributed by atoms with van der Waals surface area (Å²) in [5.74, 6) is 0.0929. The van der Waals surface area contributed by atoms with Gasteiger partial charge < -0.3 is 18.9 Å². The van der Waals surface area contributed by atoms with Crippen molar-refractivity contribution in [1.82, 2.24) is 9.97 Å². The van der Waals surface area contributed by atoms with Gasteiger partial charge in [-0.05, 0) is 37.3 Å². The molecule has 1 aromatic heterocycles. The zero-order chi connectivity index (χ0) is 22.8. The zero-order valence-electron chi connectivity index (χ0n) is 17.2. The third kappa shape index (κ3) is 4.32. The second-order valence-corrected chi connectivity index (χ2v) is 6.26. The van der Waals surface area contributed by atoms with Crippen LogP contribution in [0.4, 0.5) is 13.2 Å². The van der Waals surface area contributed by atoms with Gasteiger partial charge in [-0.15, -0.1) is 0 Å². The van der Waals surface area contributed by atoms with Gasteiger partial charge in [-0.1, -0.05) is 0 Å². The predicted octanol–water partition coefficient (Wildman–Crippen LogP) is 4.52. The number of carbonyl (C=O) groups is 1. The Hall–Kier alpha value is -3.56. The summed E-state index contributed by atoms with van der Waals surface area (Å²) in [6.07, 6.45) is -4.55. The molecule has 3 aromatic rings. The molecule has 164 valence electrons. The number of fused-ring (bicyclic) bond motifs is 1. The Morgan fingerprint density at radius 2 is 1.58 bits per heavy atom. The van der Waals surface area contributed by atoms with Gasteiger partial charge in [0.15, 0.2) is 17.2 Å². The summed E-state index contributed by atoms with van der Waals surface area (Å²) in [7, 11) is 4.25. The smallest absolute Gasteiger partial charge is 0.416 e. The molecule has 0 atom stereocenters. The van der Waals surface area contributed by atoms with Crippen molar-refractivity contribution >= 4 is 17.0 Å². The lowest BCUT2D eigenvalue weighted by atomic mass is 10.1. The summed E-state index contributed by atoms with van der Waals surface area (Å²) in [6.45, 7) is 1.71. The summed E-state index contributed by atoms with van der Waals surface area (Å²) < 4.78 is 60.5. The van der Waals surface area contributed by atoms with Crippen LogP contribution in [0.15, 0.2) is 30.3 Å². The van der Waals surface area contributed by atoms with Crippen molar-refractivity contribution in [2.75, 3.05) is 27.9 Å². The van der Waals surface area contributed by atoms with Crippen LogP contribution in [0, 0.1) is 0 Å². The van der Waals surface area contributed by atoms with Crippen LogP contribution in [-0.2, 0) is 10.9 Å². The molecule has 0 aliphatic carbocycles. The maximum Gasteiger partial charge on any atom is 0.416 e. The van der Waals surface area contributed by atoms with Gasteiger partial charge in [0.1, 0.15) is 5.69 Å². The van der Waals surface area contributed by atoms with E-state index >= 15 is 0 Å². The lowest BCUT2D eigenvalue weighted by molar-refractivity contribution is -0.137. The van der Waals surface area contributed by atoms with Crippen LogP contribution in [0.2, 0.25) is 0 Å². The van der Waals surface area contributed by atoms with Gasteiger partial charge in [-0.3, -0.25) is 0 Å². The van der Waals surface area contributed by atoms with Crippen molar-refractivity contribution in [3.8, 4) is 28.5 Å². The van der Waals surface area contributed by atoms with Crippen LogP contribution in [0.1, 0.15) is 23.0 Å². The fourth-order valence-electron chi connectivity index (χ4n) is 2.99. The maximum atomic E-state index is 13.2. The van der Waals surface area contributed by atoms with Crippen molar-refractivity contribution in [2.45, 2.75) is 13.1 Å². The minimum absolute atomic E-state index is 0.0181. The second kappa shape index (κ2) is 8.66. The number of alkyl halides is 3. The number of hydrogen-bond donors (Lipinski definition) is 0. The van der Waals surface area contributed by atoms with Crippen LogP contribution < -0.4 is 14.2 Å². The fourth-order valence-corrected chi connectivity index (χ4v) is 2.99. The second-order valence-electron chi connectivity index (χ2n) is 6.26. The van der Waals surface area contributed by atoms with Gasteiger partial charge in [0.2, 0.25) is 5.75 Å². The van der Waals surface area contributed by atoms with Crippen LogP contribution in [0.25, 0.3) is 22.3 Å². The number of nitrogens with zero attached hydrogens (tertiary/aromatic N) is 2. The van der Waals surface area contributed by atoms with Crippen LogP contribution in [0.3, 0.4) is 0 Å². The van der Waals surface area contributed by atoms with E-state index in [0.717, 1.165) is 18.2 Å². The third-order valence-electron chi connectivity index (χ3n) is 4.40. The number of esters is 1. The summed E-state index contributed by atoms with van der Waals surface area (Å²) >= 11 is 0. The van der Waals surface area contributed by atoms with Crippen LogP contribution in [-0.4, -0.2) is 43.9 Å². The quantitative estimate of drug-likeness (QED) is 0.526. The number of hydrogen-bond acceptors (Lipinski definition) is 7. The largest absolute Gasteiger partial charge is 0.493 e. The first-order valence-electron chi connectivity index (χ1n) is 9.10. The van der Waals surface area contributed by atoms with Crippen molar-refractivity contribution < 1.29 is 36.9 Å². The monoisotopic (exact) mass is 436 g/mol. The van der Waals surface area contributed by atoms with E-state index in [4.69, 9.17) is 18.9 Å². The van der Waals surface area contributed by atoms with E-state index in [2.05, 4.69) is 9.97 Å². The molecule has 0 spiro atoms. The Morgan fingerprint density at radius 1 is 0.935 bits per heavy atom. The minimum atomic E-state index is -4.55. The number of methoxy groups -OCH3 is 3. The number of benzene rings is 2. The van der Waals surface area contributed by atoms with Gasteiger partial charge in [-0.25, -0.2) is 14.8 Å². The molecule has 0 saturated heterocycles. The SMILES string of the molecule is CCOC(=O)c1nc2ccc(C(F)(F)F)cc2nc1-c1cc(OC)c(OC)c(OC)c1. The number of aromatic nitrogens is 2. The van der Waals surface area contributed by atoms with E-state index in [-0.39, 0.29) is 40.5 Å². The molecule has 31 heavy (non-hydrogen) atoms. The molecule has 0 saturated carbocycles. The number of rotatable bonds is 6. The summed E-state index contributed by atoms with van der Waals surface area (Å²) in [5, 5.41) is 0. The predicted molar refractivity (Wildman–Crippen MR) is 106 cm³/mol. The van der Waals surface area contributed by atoms with E-state index in [0.29, 0.717) is 11.3 Å². The molecule has 0 N–H and O–H groups in total. The molecule has 3 rings (SSSR count). The minimum Gasteiger partial charge on any atom is -0.493 e.